The minimum Gasteiger partial charge on any atom is -0.444 e. The first-order chi connectivity index (χ1) is 9.90. The molecule has 0 radical (unpaired) electrons. The zero-order chi connectivity index (χ0) is 15.7. The summed E-state index contributed by atoms with van der Waals surface area (Å²) < 4.78 is 5.10. The molecular formula is C15H23N3O3. The third-order valence-corrected chi connectivity index (χ3v) is 2.57. The lowest BCUT2D eigenvalue weighted by Crippen LogP contribution is -2.45. The summed E-state index contributed by atoms with van der Waals surface area (Å²) in [6.45, 7) is 6.40. The van der Waals surface area contributed by atoms with Crippen molar-refractivity contribution in [2.45, 2.75) is 38.8 Å². The quantitative estimate of drug-likeness (QED) is 0.585. The van der Waals surface area contributed by atoms with Crippen molar-refractivity contribution in [1.82, 2.24) is 15.6 Å². The van der Waals surface area contributed by atoms with Crippen LogP contribution in [0.5, 0.6) is 0 Å². The smallest absolute Gasteiger partial charge is 0.408 e. The number of nitrogens with zero attached hydrogens (tertiary/aromatic N) is 1. The third kappa shape index (κ3) is 8.04. The molecular weight excluding hydrogens is 270 g/mol. The second-order valence-corrected chi connectivity index (χ2v) is 5.70. The molecule has 1 rings (SSSR count). The first-order valence-electron chi connectivity index (χ1n) is 6.95. The van der Waals surface area contributed by atoms with Crippen LogP contribution in [0.1, 0.15) is 26.3 Å². The van der Waals surface area contributed by atoms with E-state index in [-0.39, 0.29) is 0 Å². The van der Waals surface area contributed by atoms with Gasteiger partial charge in [0.05, 0.1) is 0 Å². The molecule has 1 aromatic rings. The van der Waals surface area contributed by atoms with Crippen molar-refractivity contribution in [3.8, 4) is 0 Å². The number of nitrogens with one attached hydrogen (secondary N) is 2. The van der Waals surface area contributed by atoms with E-state index in [9.17, 15) is 9.59 Å². The lowest BCUT2D eigenvalue weighted by Gasteiger charge is -2.21. The van der Waals surface area contributed by atoms with Gasteiger partial charge in [0.1, 0.15) is 17.9 Å². The number of carbonyl (C=O) groups excluding carboxylic acids is 2. The monoisotopic (exact) mass is 293 g/mol. The van der Waals surface area contributed by atoms with Gasteiger partial charge in [0.2, 0.25) is 0 Å². The molecule has 0 spiro atoms. The molecule has 0 aliphatic rings. The number of carbonyl (C=O) groups is 2. The number of amides is 1. The molecule has 6 heteroatoms. The number of alkyl carbamates (subject to hydrolysis) is 1. The average Bonchev–Trinajstić information content (AvgIpc) is 2.41. The highest BCUT2D eigenvalue weighted by Crippen LogP contribution is 2.06. The summed E-state index contributed by atoms with van der Waals surface area (Å²) in [6, 6.07) is 3.28. The highest BCUT2D eigenvalue weighted by Gasteiger charge is 2.18. The topological polar surface area (TPSA) is 80.3 Å². The molecule has 6 nitrogen and oxygen atoms in total. The molecule has 1 aromatic heterocycles. The number of aldehydes is 1. The number of aromatic nitrogens is 1. The highest BCUT2D eigenvalue weighted by molar-refractivity contribution is 5.73. The van der Waals surface area contributed by atoms with Gasteiger partial charge < -0.3 is 20.2 Å². The van der Waals surface area contributed by atoms with Crippen molar-refractivity contribution >= 4 is 12.4 Å². The van der Waals surface area contributed by atoms with Crippen molar-refractivity contribution in [2.75, 3.05) is 13.1 Å². The van der Waals surface area contributed by atoms with Crippen LogP contribution < -0.4 is 10.6 Å². The average molecular weight is 293 g/mol. The van der Waals surface area contributed by atoms with Crippen LogP contribution in [-0.4, -0.2) is 42.1 Å². The lowest BCUT2D eigenvalue weighted by molar-refractivity contribution is -0.109. The fourth-order valence-electron chi connectivity index (χ4n) is 1.63. The zero-order valence-electron chi connectivity index (χ0n) is 12.8. The second kappa shape index (κ2) is 8.36. The van der Waals surface area contributed by atoms with Crippen molar-refractivity contribution < 1.29 is 14.3 Å². The van der Waals surface area contributed by atoms with E-state index in [0.29, 0.717) is 19.4 Å². The van der Waals surface area contributed by atoms with Crippen LogP contribution in [0.3, 0.4) is 0 Å². The van der Waals surface area contributed by atoms with E-state index in [2.05, 4.69) is 15.6 Å². The lowest BCUT2D eigenvalue weighted by atomic mass is 10.2. The maximum atomic E-state index is 11.6. The summed E-state index contributed by atoms with van der Waals surface area (Å²) >= 11 is 0. The van der Waals surface area contributed by atoms with E-state index in [1.807, 2.05) is 12.1 Å². The van der Waals surface area contributed by atoms with E-state index in [1.54, 1.807) is 33.2 Å². The molecule has 116 valence electrons. The van der Waals surface area contributed by atoms with Gasteiger partial charge in [0, 0.05) is 18.9 Å². The van der Waals surface area contributed by atoms with E-state index >= 15 is 0 Å². The standard InChI is InChI=1S/C15H23N3O3/c1-15(2,3)21-14(20)18-13(11-19)10-17-9-6-12-4-7-16-8-5-12/h4-5,7-8,11,13,17H,6,9-10H2,1-3H3,(H,18,20). The Morgan fingerprint density at radius 2 is 2.05 bits per heavy atom. The molecule has 2 N–H and O–H groups in total. The van der Waals surface area contributed by atoms with Crippen LogP contribution in [-0.2, 0) is 16.0 Å². The van der Waals surface area contributed by atoms with Crippen molar-refractivity contribution in [3.05, 3.63) is 30.1 Å². The van der Waals surface area contributed by atoms with Gasteiger partial charge >= 0.3 is 6.09 Å². The van der Waals surface area contributed by atoms with Gasteiger partial charge in [-0.3, -0.25) is 4.98 Å². The fraction of sp³-hybridized carbons (Fsp3) is 0.533. The van der Waals surface area contributed by atoms with Crippen LogP contribution in [0.25, 0.3) is 0 Å². The molecule has 1 amide bonds. The maximum absolute atomic E-state index is 11.6. The Bertz CT molecular complexity index is 443. The SMILES string of the molecule is CC(C)(C)OC(=O)NC(C=O)CNCCc1ccncc1. The van der Waals surface area contributed by atoms with Crippen LogP contribution in [0.4, 0.5) is 4.79 Å². The number of ether oxygens (including phenoxy) is 1. The van der Waals surface area contributed by atoms with Gasteiger partial charge in [-0.25, -0.2) is 4.79 Å². The van der Waals surface area contributed by atoms with Crippen LogP contribution in [0, 0.1) is 0 Å². The van der Waals surface area contributed by atoms with Crippen molar-refractivity contribution in [1.29, 1.82) is 0 Å². The largest absolute Gasteiger partial charge is 0.444 e. The molecule has 1 heterocycles. The van der Waals surface area contributed by atoms with Gasteiger partial charge in [-0.15, -0.1) is 0 Å². The molecule has 0 saturated carbocycles. The van der Waals surface area contributed by atoms with E-state index in [0.717, 1.165) is 6.42 Å². The Hall–Kier alpha value is -1.95. The minimum atomic E-state index is -0.600. The molecule has 21 heavy (non-hydrogen) atoms. The first-order valence-corrected chi connectivity index (χ1v) is 6.95. The van der Waals surface area contributed by atoms with Crippen molar-refractivity contribution in [3.63, 3.8) is 0 Å². The summed E-state index contributed by atoms with van der Waals surface area (Å²) in [5, 5.41) is 5.65. The molecule has 0 aliphatic heterocycles. The number of pyridine rings is 1. The third-order valence-electron chi connectivity index (χ3n) is 2.57. The van der Waals surface area contributed by atoms with E-state index in [4.69, 9.17) is 4.74 Å². The predicted molar refractivity (Wildman–Crippen MR) is 80.0 cm³/mol. The van der Waals surface area contributed by atoms with Crippen LogP contribution in [0.2, 0.25) is 0 Å². The number of hydrogen-bond acceptors (Lipinski definition) is 5. The molecule has 0 bridgehead atoms. The minimum absolute atomic E-state index is 0.369. The van der Waals surface area contributed by atoms with Gasteiger partial charge in [0.25, 0.3) is 0 Å². The molecule has 0 aromatic carbocycles. The molecule has 1 atom stereocenters. The molecule has 0 fully saturated rings. The van der Waals surface area contributed by atoms with E-state index in [1.165, 1.54) is 5.56 Å². The Balaban J connectivity index is 2.25. The Labute approximate surface area is 125 Å². The predicted octanol–water partition coefficient (Wildman–Crippen LogP) is 1.31. The highest BCUT2D eigenvalue weighted by atomic mass is 16.6. The second-order valence-electron chi connectivity index (χ2n) is 5.70. The van der Waals surface area contributed by atoms with E-state index < -0.39 is 17.7 Å². The molecule has 0 saturated heterocycles. The number of hydrogen-bond donors (Lipinski definition) is 2. The number of rotatable bonds is 7. The van der Waals surface area contributed by atoms with Gasteiger partial charge in [-0.1, -0.05) is 0 Å². The Kier molecular flexibility index (Phi) is 6.81. The van der Waals surface area contributed by atoms with Crippen LogP contribution in [0.15, 0.2) is 24.5 Å². The zero-order valence-corrected chi connectivity index (χ0v) is 12.8. The Morgan fingerprint density at radius 3 is 2.62 bits per heavy atom. The van der Waals surface area contributed by atoms with Gasteiger partial charge in [-0.2, -0.15) is 0 Å². The summed E-state index contributed by atoms with van der Waals surface area (Å²) in [4.78, 5) is 26.5. The fourth-order valence-corrected chi connectivity index (χ4v) is 1.63. The summed E-state index contributed by atoms with van der Waals surface area (Å²) in [6.07, 6.45) is 4.43. The summed E-state index contributed by atoms with van der Waals surface area (Å²) in [5.41, 5.74) is 0.590. The van der Waals surface area contributed by atoms with Crippen molar-refractivity contribution in [2.24, 2.45) is 0 Å². The Morgan fingerprint density at radius 1 is 1.38 bits per heavy atom. The maximum Gasteiger partial charge on any atom is 0.408 e. The molecule has 1 unspecified atom stereocenters. The normalized spacial score (nSPS) is 12.5. The first kappa shape index (κ1) is 17.1. The summed E-state index contributed by atoms with van der Waals surface area (Å²) in [5.74, 6) is 0. The van der Waals surface area contributed by atoms with Gasteiger partial charge in [-0.05, 0) is 51.4 Å². The van der Waals surface area contributed by atoms with Crippen LogP contribution >= 0.6 is 0 Å². The van der Waals surface area contributed by atoms with Gasteiger partial charge in [0.15, 0.2) is 0 Å². The molecule has 0 aliphatic carbocycles. The summed E-state index contributed by atoms with van der Waals surface area (Å²) in [7, 11) is 0.